The predicted molar refractivity (Wildman–Crippen MR) is 176 cm³/mol. The van der Waals surface area contributed by atoms with Gasteiger partial charge < -0.3 is 18.9 Å². The van der Waals surface area contributed by atoms with E-state index in [2.05, 4.69) is 6.92 Å². The Morgan fingerprint density at radius 3 is 2.27 bits per heavy atom. The number of nitro groups is 1. The second-order valence-corrected chi connectivity index (χ2v) is 10.7. The maximum absolute atomic E-state index is 12.8. The molecule has 0 fully saturated rings. The molecule has 3 aromatic rings. The molecule has 1 unspecified atom stereocenters. The van der Waals surface area contributed by atoms with E-state index in [0.717, 1.165) is 53.6 Å². The van der Waals surface area contributed by atoms with Crippen molar-refractivity contribution in [3.63, 3.8) is 0 Å². The number of ether oxygens (including phenoxy) is 4. The third-order valence-corrected chi connectivity index (χ3v) is 7.11. The summed E-state index contributed by atoms with van der Waals surface area (Å²) in [5.74, 6) is -2.52. The van der Waals surface area contributed by atoms with E-state index in [1.807, 2.05) is 32.0 Å². The number of nitrogens with zero attached hydrogens (tertiary/aromatic N) is 2. The van der Waals surface area contributed by atoms with Crippen LogP contribution in [0.5, 0.6) is 11.5 Å². The molecule has 0 aliphatic rings. The standard InChI is InChI=1S/C19H15ClF3NO7.C14H20ClNO2/c1-3-29-17(25)10(2)30-18(26)13-9-12(5-6-15(13)24(27)28)31-16-7-4-11(8-14(16)20)19(21,22)23;1-4-12-8-6-7-11(3)14(12)16(10-18-5-2)13(17)9-15/h4-10H,3H2,1-2H3;6-8H,4-5,9-10H2,1-3H3. The number of rotatable bonds is 13. The molecule has 0 N–H and O–H groups in total. The molecule has 0 aliphatic carbocycles. The molecule has 0 aliphatic heterocycles. The molecule has 1 amide bonds. The molecule has 16 heteroatoms. The van der Waals surface area contributed by atoms with Crippen molar-refractivity contribution >= 4 is 52.4 Å². The van der Waals surface area contributed by atoms with Gasteiger partial charge in [-0.3, -0.25) is 19.8 Å². The topological polar surface area (TPSA) is 135 Å². The van der Waals surface area contributed by atoms with Crippen molar-refractivity contribution in [2.24, 2.45) is 0 Å². The van der Waals surface area contributed by atoms with Crippen LogP contribution in [0.15, 0.2) is 54.6 Å². The van der Waals surface area contributed by atoms with Crippen LogP contribution in [0.4, 0.5) is 24.5 Å². The lowest BCUT2D eigenvalue weighted by molar-refractivity contribution is -0.385. The van der Waals surface area contributed by atoms with Gasteiger partial charge in [-0.15, -0.1) is 11.6 Å². The first-order chi connectivity index (χ1) is 23.1. The fourth-order valence-corrected chi connectivity index (χ4v) is 4.59. The fraction of sp³-hybridized carbons (Fsp3) is 0.364. The summed E-state index contributed by atoms with van der Waals surface area (Å²) >= 11 is 11.5. The number of esters is 2. The number of amides is 1. The molecule has 3 rings (SSSR count). The van der Waals surface area contributed by atoms with Crippen LogP contribution in [0.3, 0.4) is 0 Å². The molecule has 0 radical (unpaired) electrons. The van der Waals surface area contributed by atoms with E-state index in [1.54, 1.807) is 11.8 Å². The van der Waals surface area contributed by atoms with Gasteiger partial charge in [-0.25, -0.2) is 9.59 Å². The molecular weight excluding hydrogens is 696 g/mol. The summed E-state index contributed by atoms with van der Waals surface area (Å²) in [4.78, 5) is 48.0. The number of carbonyl (C=O) groups is 3. The Bertz CT molecular complexity index is 1640. The van der Waals surface area contributed by atoms with E-state index in [9.17, 15) is 37.7 Å². The van der Waals surface area contributed by atoms with Crippen LogP contribution in [-0.2, 0) is 36.4 Å². The Balaban J connectivity index is 0.000000393. The Morgan fingerprint density at radius 1 is 1.02 bits per heavy atom. The van der Waals surface area contributed by atoms with Gasteiger partial charge in [0.05, 0.1) is 27.8 Å². The summed E-state index contributed by atoms with van der Waals surface area (Å²) in [6.45, 7) is 9.60. The van der Waals surface area contributed by atoms with E-state index in [-0.39, 0.29) is 41.6 Å². The summed E-state index contributed by atoms with van der Waals surface area (Å²) in [6, 6.07) is 11.4. The summed E-state index contributed by atoms with van der Waals surface area (Å²) in [5, 5.41) is 10.9. The van der Waals surface area contributed by atoms with Crippen molar-refractivity contribution < 1.29 is 51.4 Å². The number of anilines is 1. The second kappa shape index (κ2) is 19.0. The Labute approximate surface area is 290 Å². The van der Waals surface area contributed by atoms with Gasteiger partial charge in [-0.1, -0.05) is 36.7 Å². The number of halogens is 5. The van der Waals surface area contributed by atoms with Crippen LogP contribution in [0.1, 0.15) is 54.7 Å². The molecule has 0 bridgehead atoms. The minimum Gasteiger partial charge on any atom is -0.463 e. The van der Waals surface area contributed by atoms with Crippen LogP contribution < -0.4 is 9.64 Å². The van der Waals surface area contributed by atoms with Crippen molar-refractivity contribution in [1.29, 1.82) is 0 Å². The normalized spacial score (nSPS) is 11.5. The lowest BCUT2D eigenvalue weighted by Crippen LogP contribution is -2.35. The van der Waals surface area contributed by atoms with E-state index in [4.69, 9.17) is 42.1 Å². The predicted octanol–water partition coefficient (Wildman–Crippen LogP) is 8.29. The minimum atomic E-state index is -4.61. The lowest BCUT2D eigenvalue weighted by atomic mass is 10.0. The first-order valence-electron chi connectivity index (χ1n) is 14.8. The number of hydrogen-bond acceptors (Lipinski definition) is 9. The van der Waals surface area contributed by atoms with Gasteiger partial charge in [0, 0.05) is 18.7 Å². The number of para-hydroxylation sites is 1. The van der Waals surface area contributed by atoms with Crippen molar-refractivity contribution in [2.45, 2.75) is 53.3 Å². The number of nitro benzene ring substituents is 1. The van der Waals surface area contributed by atoms with Crippen molar-refractivity contribution in [3.05, 3.63) is 92.0 Å². The maximum Gasteiger partial charge on any atom is 0.416 e. The Kier molecular flexibility index (Phi) is 15.8. The SMILES string of the molecule is CCOC(=O)C(C)OC(=O)c1cc(Oc2ccc(C(F)(F)F)cc2Cl)ccc1[N+](=O)[O-].CCOCN(C(=O)CCl)c1c(C)cccc1CC. The van der Waals surface area contributed by atoms with Crippen molar-refractivity contribution in [1.82, 2.24) is 0 Å². The van der Waals surface area contributed by atoms with Crippen molar-refractivity contribution in [3.8, 4) is 11.5 Å². The molecule has 0 heterocycles. The summed E-state index contributed by atoms with van der Waals surface area (Å²) < 4.78 is 58.6. The highest BCUT2D eigenvalue weighted by Crippen LogP contribution is 2.37. The highest BCUT2D eigenvalue weighted by atomic mass is 35.5. The number of hydrogen-bond donors (Lipinski definition) is 0. The smallest absolute Gasteiger partial charge is 0.416 e. The number of alkyl halides is 4. The Hall–Kier alpha value is -4.40. The van der Waals surface area contributed by atoms with Gasteiger partial charge in [-0.2, -0.15) is 13.2 Å². The molecule has 11 nitrogen and oxygen atoms in total. The van der Waals surface area contributed by atoms with E-state index < -0.39 is 46.0 Å². The van der Waals surface area contributed by atoms with E-state index in [1.165, 1.54) is 6.92 Å². The van der Waals surface area contributed by atoms with Crippen LogP contribution in [0.25, 0.3) is 0 Å². The third-order valence-electron chi connectivity index (χ3n) is 6.59. The largest absolute Gasteiger partial charge is 0.463 e. The quantitative estimate of drug-likeness (QED) is 0.0560. The number of benzene rings is 3. The van der Waals surface area contributed by atoms with Crippen LogP contribution in [0, 0.1) is 17.0 Å². The van der Waals surface area contributed by atoms with Gasteiger partial charge in [0.1, 0.15) is 29.7 Å². The fourth-order valence-electron chi connectivity index (χ4n) is 4.23. The van der Waals surface area contributed by atoms with Crippen molar-refractivity contribution in [2.75, 3.05) is 30.7 Å². The monoisotopic (exact) mass is 730 g/mol. The first kappa shape index (κ1) is 40.8. The first-order valence-corrected chi connectivity index (χ1v) is 15.7. The van der Waals surface area contributed by atoms with Crippen LogP contribution in [-0.4, -0.2) is 54.7 Å². The maximum atomic E-state index is 12.8. The third kappa shape index (κ3) is 11.6. The zero-order chi connectivity index (χ0) is 36.9. The minimum absolute atomic E-state index is 0.0371. The lowest BCUT2D eigenvalue weighted by Gasteiger charge is -2.25. The van der Waals surface area contributed by atoms with E-state index in [0.29, 0.717) is 12.7 Å². The zero-order valence-corrected chi connectivity index (χ0v) is 28.8. The average Bonchev–Trinajstić information content (AvgIpc) is 3.05. The molecular formula is C33H35Cl2F3N2O9. The van der Waals surface area contributed by atoms with Gasteiger partial charge in [0.15, 0.2) is 6.10 Å². The molecule has 3 aromatic carbocycles. The number of carbonyl (C=O) groups excluding carboxylic acids is 3. The summed E-state index contributed by atoms with van der Waals surface area (Å²) in [6.07, 6.45) is -5.07. The van der Waals surface area contributed by atoms with Crippen LogP contribution >= 0.6 is 23.2 Å². The average molecular weight is 732 g/mol. The Morgan fingerprint density at radius 2 is 1.71 bits per heavy atom. The molecule has 49 heavy (non-hydrogen) atoms. The van der Waals surface area contributed by atoms with E-state index >= 15 is 0 Å². The highest BCUT2D eigenvalue weighted by Gasteiger charge is 2.31. The molecule has 0 saturated heterocycles. The second-order valence-electron chi connectivity index (χ2n) is 9.99. The molecule has 266 valence electrons. The summed E-state index contributed by atoms with van der Waals surface area (Å²) in [7, 11) is 0. The van der Waals surface area contributed by atoms with Gasteiger partial charge in [0.2, 0.25) is 5.91 Å². The van der Waals surface area contributed by atoms with Crippen LogP contribution in [0.2, 0.25) is 5.02 Å². The van der Waals surface area contributed by atoms with Gasteiger partial charge in [0.25, 0.3) is 5.69 Å². The molecule has 0 spiro atoms. The molecule has 1 atom stereocenters. The number of aryl methyl sites for hydroxylation is 2. The molecule has 0 aromatic heterocycles. The summed E-state index contributed by atoms with van der Waals surface area (Å²) in [5.41, 5.74) is 0.958. The van der Waals surface area contributed by atoms with Gasteiger partial charge in [-0.05, 0) is 69.5 Å². The highest BCUT2D eigenvalue weighted by molar-refractivity contribution is 6.32. The van der Waals surface area contributed by atoms with Gasteiger partial charge >= 0.3 is 18.1 Å². The zero-order valence-electron chi connectivity index (χ0n) is 27.3. The molecule has 0 saturated carbocycles.